The lowest BCUT2D eigenvalue weighted by Gasteiger charge is -2.35. The number of ether oxygens (including phenoxy) is 1. The van der Waals surface area contributed by atoms with Crippen molar-refractivity contribution in [2.45, 2.75) is 44.6 Å². The molecule has 0 unspecified atom stereocenters. The molecule has 0 atom stereocenters. The fourth-order valence-corrected chi connectivity index (χ4v) is 3.19. The molecule has 0 spiro atoms. The van der Waals surface area contributed by atoms with E-state index in [0.717, 1.165) is 45.3 Å². The van der Waals surface area contributed by atoms with Crippen LogP contribution in [0.15, 0.2) is 0 Å². The monoisotopic (exact) mass is 328 g/mol. The highest BCUT2D eigenvalue weighted by molar-refractivity contribution is 5.69. The molecule has 1 rings (SSSR count). The van der Waals surface area contributed by atoms with E-state index in [0.29, 0.717) is 13.0 Å². The van der Waals surface area contributed by atoms with Gasteiger partial charge in [-0.1, -0.05) is 19.3 Å². The predicted octanol–water partition coefficient (Wildman–Crippen LogP) is 0.664. The SMILES string of the molecule is COC(=O)CCNCCN(CCN(C)CCN)C1CCCCC1. The fraction of sp³-hybridized carbons (Fsp3) is 0.941. The Morgan fingerprint density at radius 1 is 1.13 bits per heavy atom. The number of hydrogen-bond acceptors (Lipinski definition) is 6. The Bertz CT molecular complexity index is 309. The van der Waals surface area contributed by atoms with Gasteiger partial charge in [0.25, 0.3) is 0 Å². The summed E-state index contributed by atoms with van der Waals surface area (Å²) in [5.74, 6) is -0.148. The van der Waals surface area contributed by atoms with Crippen LogP contribution in [0.4, 0.5) is 0 Å². The minimum atomic E-state index is -0.148. The van der Waals surface area contributed by atoms with Gasteiger partial charge in [0.15, 0.2) is 0 Å². The molecule has 1 aliphatic rings. The number of nitrogens with one attached hydrogen (secondary N) is 1. The normalized spacial score (nSPS) is 16.2. The van der Waals surface area contributed by atoms with Crippen molar-refractivity contribution in [3.63, 3.8) is 0 Å². The highest BCUT2D eigenvalue weighted by Crippen LogP contribution is 2.22. The Morgan fingerprint density at radius 2 is 1.87 bits per heavy atom. The first-order valence-electron chi connectivity index (χ1n) is 9.07. The van der Waals surface area contributed by atoms with Gasteiger partial charge in [0.1, 0.15) is 0 Å². The van der Waals surface area contributed by atoms with Gasteiger partial charge in [0, 0.05) is 51.9 Å². The molecule has 1 saturated carbocycles. The molecule has 0 saturated heterocycles. The zero-order valence-corrected chi connectivity index (χ0v) is 15.1. The Kier molecular flexibility index (Phi) is 11.2. The molecule has 0 bridgehead atoms. The van der Waals surface area contributed by atoms with Gasteiger partial charge in [-0.2, -0.15) is 0 Å². The fourth-order valence-electron chi connectivity index (χ4n) is 3.19. The summed E-state index contributed by atoms with van der Waals surface area (Å²) in [6, 6.07) is 0.720. The van der Waals surface area contributed by atoms with Gasteiger partial charge in [-0.25, -0.2) is 0 Å². The highest BCUT2D eigenvalue weighted by atomic mass is 16.5. The molecule has 23 heavy (non-hydrogen) atoms. The average Bonchev–Trinajstić information content (AvgIpc) is 2.58. The Hall–Kier alpha value is -0.690. The zero-order chi connectivity index (χ0) is 16.9. The van der Waals surface area contributed by atoms with Gasteiger partial charge in [-0.3, -0.25) is 9.69 Å². The number of methoxy groups -OCH3 is 1. The number of likely N-dealkylation sites (N-methyl/N-ethyl adjacent to an activating group) is 1. The van der Waals surface area contributed by atoms with Crippen molar-refractivity contribution in [2.24, 2.45) is 5.73 Å². The molecule has 0 aromatic carbocycles. The van der Waals surface area contributed by atoms with E-state index in [1.807, 2.05) is 0 Å². The van der Waals surface area contributed by atoms with Crippen LogP contribution in [0.3, 0.4) is 0 Å². The largest absolute Gasteiger partial charge is 0.469 e. The van der Waals surface area contributed by atoms with Crippen LogP contribution in [0.25, 0.3) is 0 Å². The van der Waals surface area contributed by atoms with E-state index in [1.54, 1.807) is 0 Å². The first-order chi connectivity index (χ1) is 11.2. The van der Waals surface area contributed by atoms with Gasteiger partial charge in [0.05, 0.1) is 13.5 Å². The smallest absolute Gasteiger partial charge is 0.306 e. The second-order valence-corrected chi connectivity index (χ2v) is 6.50. The van der Waals surface area contributed by atoms with E-state index in [-0.39, 0.29) is 5.97 Å². The molecule has 1 fully saturated rings. The van der Waals surface area contributed by atoms with Crippen LogP contribution in [0.1, 0.15) is 38.5 Å². The average molecular weight is 329 g/mol. The van der Waals surface area contributed by atoms with Gasteiger partial charge in [-0.15, -0.1) is 0 Å². The maximum Gasteiger partial charge on any atom is 0.306 e. The standard InChI is InChI=1S/C17H36N4O2/c1-20(12-9-18)14-15-21(16-6-4-3-5-7-16)13-11-19-10-8-17(22)23-2/h16,19H,3-15,18H2,1-2H3. The summed E-state index contributed by atoms with van der Waals surface area (Å²) in [6.45, 7) is 6.50. The van der Waals surface area contributed by atoms with Gasteiger partial charge >= 0.3 is 5.97 Å². The first kappa shape index (κ1) is 20.4. The number of nitrogens with two attached hydrogens (primary N) is 1. The van der Waals surface area contributed by atoms with Crippen LogP contribution in [0.5, 0.6) is 0 Å². The topological polar surface area (TPSA) is 70.8 Å². The maximum atomic E-state index is 11.1. The summed E-state index contributed by atoms with van der Waals surface area (Å²) in [5, 5.41) is 3.36. The van der Waals surface area contributed by atoms with Crippen LogP contribution in [0, 0.1) is 0 Å². The molecule has 0 aromatic heterocycles. The second-order valence-electron chi connectivity index (χ2n) is 6.50. The molecule has 136 valence electrons. The van der Waals surface area contributed by atoms with E-state index in [4.69, 9.17) is 5.73 Å². The van der Waals surface area contributed by atoms with E-state index < -0.39 is 0 Å². The molecule has 3 N–H and O–H groups in total. The summed E-state index contributed by atoms with van der Waals surface area (Å²) in [4.78, 5) is 16.0. The quantitative estimate of drug-likeness (QED) is 0.405. The molecule has 0 amide bonds. The molecular weight excluding hydrogens is 292 g/mol. The Balaban J connectivity index is 2.30. The van der Waals surface area contributed by atoms with Gasteiger partial charge in [-0.05, 0) is 19.9 Å². The van der Waals surface area contributed by atoms with E-state index in [2.05, 4.69) is 26.9 Å². The van der Waals surface area contributed by atoms with Crippen molar-refractivity contribution in [3.8, 4) is 0 Å². The lowest BCUT2D eigenvalue weighted by molar-refractivity contribution is -0.140. The summed E-state index contributed by atoms with van der Waals surface area (Å²) in [5.41, 5.74) is 5.62. The predicted molar refractivity (Wildman–Crippen MR) is 94.5 cm³/mol. The molecule has 1 aliphatic carbocycles. The molecular formula is C17H36N4O2. The van der Waals surface area contributed by atoms with Crippen LogP contribution >= 0.6 is 0 Å². The van der Waals surface area contributed by atoms with Gasteiger partial charge in [0.2, 0.25) is 0 Å². The number of esters is 1. The molecule has 6 nitrogen and oxygen atoms in total. The van der Waals surface area contributed by atoms with Crippen molar-refractivity contribution in [2.75, 3.05) is 60.0 Å². The Morgan fingerprint density at radius 3 is 2.52 bits per heavy atom. The molecule has 0 heterocycles. The lowest BCUT2D eigenvalue weighted by atomic mass is 9.94. The third-order valence-electron chi connectivity index (χ3n) is 4.68. The summed E-state index contributed by atoms with van der Waals surface area (Å²) in [7, 11) is 3.57. The van der Waals surface area contributed by atoms with Crippen LogP contribution < -0.4 is 11.1 Å². The number of rotatable bonds is 12. The van der Waals surface area contributed by atoms with Crippen molar-refractivity contribution < 1.29 is 9.53 Å². The number of carbonyl (C=O) groups excluding carboxylic acids is 1. The van der Waals surface area contributed by atoms with Crippen molar-refractivity contribution >= 4 is 5.97 Å². The van der Waals surface area contributed by atoms with Gasteiger partial charge < -0.3 is 20.7 Å². The minimum absolute atomic E-state index is 0.148. The molecule has 0 aliphatic heterocycles. The van der Waals surface area contributed by atoms with E-state index in [9.17, 15) is 4.79 Å². The van der Waals surface area contributed by atoms with Crippen LogP contribution in [-0.4, -0.2) is 81.8 Å². The van der Waals surface area contributed by atoms with Crippen molar-refractivity contribution in [1.82, 2.24) is 15.1 Å². The number of hydrogen-bond donors (Lipinski definition) is 2. The number of nitrogens with zero attached hydrogens (tertiary/aromatic N) is 2. The van der Waals surface area contributed by atoms with E-state index >= 15 is 0 Å². The third kappa shape index (κ3) is 9.25. The molecule has 6 heteroatoms. The zero-order valence-electron chi connectivity index (χ0n) is 15.1. The van der Waals surface area contributed by atoms with Crippen molar-refractivity contribution in [1.29, 1.82) is 0 Å². The van der Waals surface area contributed by atoms with E-state index in [1.165, 1.54) is 39.2 Å². The lowest BCUT2D eigenvalue weighted by Crippen LogP contribution is -2.45. The Labute approximate surface area is 141 Å². The maximum absolute atomic E-state index is 11.1. The third-order valence-corrected chi connectivity index (χ3v) is 4.68. The van der Waals surface area contributed by atoms with Crippen LogP contribution in [-0.2, 0) is 9.53 Å². The molecule has 0 radical (unpaired) electrons. The molecule has 0 aromatic rings. The minimum Gasteiger partial charge on any atom is -0.469 e. The highest BCUT2D eigenvalue weighted by Gasteiger charge is 2.20. The first-order valence-corrected chi connectivity index (χ1v) is 9.07. The summed E-state index contributed by atoms with van der Waals surface area (Å²) in [6.07, 6.45) is 7.19. The summed E-state index contributed by atoms with van der Waals surface area (Å²) >= 11 is 0. The second kappa shape index (κ2) is 12.7. The number of carbonyl (C=O) groups is 1. The van der Waals surface area contributed by atoms with Crippen molar-refractivity contribution in [3.05, 3.63) is 0 Å². The summed E-state index contributed by atoms with van der Waals surface area (Å²) < 4.78 is 4.66. The van der Waals surface area contributed by atoms with Crippen LogP contribution in [0.2, 0.25) is 0 Å².